The van der Waals surface area contributed by atoms with Gasteiger partial charge in [0, 0.05) is 49.0 Å². The smallest absolute Gasteiger partial charge is 0.243 e. The van der Waals surface area contributed by atoms with E-state index in [-0.39, 0.29) is 4.90 Å². The summed E-state index contributed by atoms with van der Waals surface area (Å²) < 4.78 is 39.9. The molecule has 1 aromatic heterocycles. The van der Waals surface area contributed by atoms with Gasteiger partial charge in [-0.15, -0.1) is 0 Å². The predicted octanol–water partition coefficient (Wildman–Crippen LogP) is 2.82. The minimum atomic E-state index is -3.58. The van der Waals surface area contributed by atoms with E-state index in [1.807, 2.05) is 24.4 Å². The van der Waals surface area contributed by atoms with Crippen LogP contribution in [-0.2, 0) is 10.0 Å². The van der Waals surface area contributed by atoms with Crippen molar-refractivity contribution in [1.82, 2.24) is 9.29 Å². The monoisotopic (exact) mass is 359 g/mol. The van der Waals surface area contributed by atoms with E-state index < -0.39 is 15.8 Å². The molecule has 0 spiro atoms. The van der Waals surface area contributed by atoms with Crippen molar-refractivity contribution in [3.05, 3.63) is 60.5 Å². The molecule has 0 saturated carbocycles. The van der Waals surface area contributed by atoms with E-state index in [2.05, 4.69) is 16.0 Å². The molecule has 2 heterocycles. The lowest BCUT2D eigenvalue weighted by Gasteiger charge is -2.35. The number of aromatic amines is 1. The van der Waals surface area contributed by atoms with E-state index in [1.165, 1.54) is 28.6 Å². The van der Waals surface area contributed by atoms with Crippen molar-refractivity contribution in [3.8, 4) is 0 Å². The Labute approximate surface area is 145 Å². The van der Waals surface area contributed by atoms with Crippen molar-refractivity contribution >= 4 is 26.6 Å². The molecule has 1 fully saturated rings. The average molecular weight is 359 g/mol. The number of nitrogens with one attached hydrogen (secondary N) is 1. The molecule has 7 heteroatoms. The summed E-state index contributed by atoms with van der Waals surface area (Å²) in [6.07, 6.45) is 1.91. The molecule has 5 nitrogen and oxygen atoms in total. The lowest BCUT2D eigenvalue weighted by atomic mass is 10.2. The van der Waals surface area contributed by atoms with Gasteiger partial charge in [0.2, 0.25) is 10.0 Å². The van der Waals surface area contributed by atoms with Gasteiger partial charge in [0.15, 0.2) is 0 Å². The summed E-state index contributed by atoms with van der Waals surface area (Å²) in [7, 11) is -3.58. The first kappa shape index (κ1) is 16.1. The van der Waals surface area contributed by atoms with Crippen molar-refractivity contribution < 1.29 is 12.8 Å². The fourth-order valence-electron chi connectivity index (χ4n) is 3.27. The molecule has 25 heavy (non-hydrogen) atoms. The number of fused-ring (bicyclic) bond motifs is 1. The third-order valence-electron chi connectivity index (χ3n) is 4.60. The van der Waals surface area contributed by atoms with E-state index in [9.17, 15) is 12.8 Å². The molecule has 1 N–H and O–H groups in total. The Morgan fingerprint density at radius 2 is 1.64 bits per heavy atom. The number of hydrogen-bond acceptors (Lipinski definition) is 3. The van der Waals surface area contributed by atoms with Crippen molar-refractivity contribution in [3.63, 3.8) is 0 Å². The van der Waals surface area contributed by atoms with Crippen LogP contribution in [0.4, 0.5) is 10.1 Å². The SMILES string of the molecule is O=S(=O)(c1ccc(F)cc1)N1CCN(c2cccc3[nH]ccc23)CC1. The molecule has 4 rings (SSSR count). The van der Waals surface area contributed by atoms with Gasteiger partial charge in [-0.05, 0) is 42.5 Å². The normalized spacial score (nSPS) is 16.4. The van der Waals surface area contributed by atoms with Crippen LogP contribution in [0.1, 0.15) is 0 Å². The molecular weight excluding hydrogens is 341 g/mol. The van der Waals surface area contributed by atoms with Gasteiger partial charge in [-0.2, -0.15) is 4.31 Å². The number of sulfonamides is 1. The first-order valence-electron chi connectivity index (χ1n) is 8.12. The number of aromatic nitrogens is 1. The van der Waals surface area contributed by atoms with E-state index in [1.54, 1.807) is 0 Å². The summed E-state index contributed by atoms with van der Waals surface area (Å²) in [5.74, 6) is -0.441. The van der Waals surface area contributed by atoms with Crippen LogP contribution in [-0.4, -0.2) is 43.9 Å². The Morgan fingerprint density at radius 1 is 0.920 bits per heavy atom. The first-order valence-corrected chi connectivity index (χ1v) is 9.56. The molecule has 1 saturated heterocycles. The quantitative estimate of drug-likeness (QED) is 0.782. The predicted molar refractivity (Wildman–Crippen MR) is 95.7 cm³/mol. The van der Waals surface area contributed by atoms with Crippen LogP contribution < -0.4 is 4.90 Å². The number of benzene rings is 2. The van der Waals surface area contributed by atoms with Crippen molar-refractivity contribution in [2.45, 2.75) is 4.90 Å². The molecule has 0 radical (unpaired) electrons. The lowest BCUT2D eigenvalue weighted by molar-refractivity contribution is 0.385. The fraction of sp³-hybridized carbons (Fsp3) is 0.222. The molecule has 3 aromatic rings. The number of H-pyrrole nitrogens is 1. The highest BCUT2D eigenvalue weighted by molar-refractivity contribution is 7.89. The number of anilines is 1. The molecule has 0 bridgehead atoms. The summed E-state index contributed by atoms with van der Waals surface area (Å²) in [4.78, 5) is 5.53. The Kier molecular flexibility index (Phi) is 3.97. The number of rotatable bonds is 3. The number of piperazine rings is 1. The van der Waals surface area contributed by atoms with Crippen LogP contribution in [0.15, 0.2) is 59.6 Å². The van der Waals surface area contributed by atoms with Crippen molar-refractivity contribution in [2.24, 2.45) is 0 Å². The van der Waals surface area contributed by atoms with Gasteiger partial charge in [-0.1, -0.05) is 6.07 Å². The maximum Gasteiger partial charge on any atom is 0.243 e. The number of nitrogens with zero attached hydrogens (tertiary/aromatic N) is 2. The first-order chi connectivity index (χ1) is 12.1. The van der Waals surface area contributed by atoms with Crippen LogP contribution in [0.3, 0.4) is 0 Å². The topological polar surface area (TPSA) is 56.4 Å². The highest BCUT2D eigenvalue weighted by Gasteiger charge is 2.29. The van der Waals surface area contributed by atoms with Crippen molar-refractivity contribution in [2.75, 3.05) is 31.1 Å². The highest BCUT2D eigenvalue weighted by atomic mass is 32.2. The lowest BCUT2D eigenvalue weighted by Crippen LogP contribution is -2.48. The zero-order chi connectivity index (χ0) is 17.4. The van der Waals surface area contributed by atoms with Gasteiger partial charge < -0.3 is 9.88 Å². The second-order valence-electron chi connectivity index (χ2n) is 6.06. The molecule has 1 aliphatic rings. The van der Waals surface area contributed by atoms with Crippen molar-refractivity contribution in [1.29, 1.82) is 0 Å². The molecular formula is C18H18FN3O2S. The molecule has 1 aliphatic heterocycles. The zero-order valence-electron chi connectivity index (χ0n) is 13.5. The zero-order valence-corrected chi connectivity index (χ0v) is 14.3. The van der Waals surface area contributed by atoms with Crippen LogP contribution in [0.25, 0.3) is 10.9 Å². The van der Waals surface area contributed by atoms with Crippen LogP contribution in [0, 0.1) is 5.82 Å². The van der Waals surface area contributed by atoms with Crippen LogP contribution >= 0.6 is 0 Å². The van der Waals surface area contributed by atoms with Gasteiger partial charge >= 0.3 is 0 Å². The maximum atomic E-state index is 13.0. The summed E-state index contributed by atoms with van der Waals surface area (Å²) in [5.41, 5.74) is 2.18. The minimum Gasteiger partial charge on any atom is -0.368 e. The van der Waals surface area contributed by atoms with Gasteiger partial charge in [0.05, 0.1) is 4.90 Å². The highest BCUT2D eigenvalue weighted by Crippen LogP contribution is 2.28. The largest absolute Gasteiger partial charge is 0.368 e. The molecule has 0 unspecified atom stereocenters. The average Bonchev–Trinajstić information content (AvgIpc) is 3.11. The van der Waals surface area contributed by atoms with E-state index >= 15 is 0 Å². The van der Waals surface area contributed by atoms with E-state index in [0.29, 0.717) is 26.2 Å². The molecule has 0 atom stereocenters. The Morgan fingerprint density at radius 3 is 2.36 bits per heavy atom. The molecule has 0 amide bonds. The molecule has 0 aliphatic carbocycles. The Bertz CT molecular complexity index is 991. The minimum absolute atomic E-state index is 0.134. The van der Waals surface area contributed by atoms with Gasteiger partial charge in [-0.3, -0.25) is 0 Å². The van der Waals surface area contributed by atoms with Gasteiger partial charge in [-0.25, -0.2) is 12.8 Å². The Hall–Kier alpha value is -2.38. The number of halogens is 1. The number of hydrogen-bond donors (Lipinski definition) is 1. The fourth-order valence-corrected chi connectivity index (χ4v) is 4.69. The summed E-state index contributed by atoms with van der Waals surface area (Å²) >= 11 is 0. The standard InChI is InChI=1S/C18H18FN3O2S/c19-14-4-6-15(7-5-14)25(23,24)22-12-10-21(11-13-22)18-3-1-2-17-16(18)8-9-20-17/h1-9,20H,10-13H2. The second kappa shape index (κ2) is 6.16. The van der Waals surface area contributed by atoms with Gasteiger partial charge in [0.1, 0.15) is 5.82 Å². The van der Waals surface area contributed by atoms with Gasteiger partial charge in [0.25, 0.3) is 0 Å². The molecule has 130 valence electrons. The summed E-state index contributed by atoms with van der Waals surface area (Å²) in [6.45, 7) is 2.04. The summed E-state index contributed by atoms with van der Waals surface area (Å²) in [5, 5.41) is 1.14. The summed E-state index contributed by atoms with van der Waals surface area (Å²) in [6, 6.07) is 13.1. The molecule has 2 aromatic carbocycles. The third-order valence-corrected chi connectivity index (χ3v) is 6.52. The van der Waals surface area contributed by atoms with Crippen LogP contribution in [0.2, 0.25) is 0 Å². The second-order valence-corrected chi connectivity index (χ2v) is 8.00. The third kappa shape index (κ3) is 2.89. The Balaban J connectivity index is 1.53. The van der Waals surface area contributed by atoms with E-state index in [0.717, 1.165) is 16.6 Å². The van der Waals surface area contributed by atoms with Crippen LogP contribution in [0.5, 0.6) is 0 Å². The maximum absolute atomic E-state index is 13.0. The van der Waals surface area contributed by atoms with E-state index in [4.69, 9.17) is 0 Å².